The lowest BCUT2D eigenvalue weighted by molar-refractivity contribution is -0.142. The Morgan fingerprint density at radius 3 is 2.14 bits per heavy atom. The summed E-state index contributed by atoms with van der Waals surface area (Å²) in [6.07, 6.45) is 1.31. The van der Waals surface area contributed by atoms with Crippen LogP contribution in [-0.2, 0) is 19.6 Å². The molecule has 0 aromatic heterocycles. The molecular weight excluding hydrogens is 376 g/mol. The number of sulfonamides is 1. The molecule has 2 aromatic rings. The van der Waals surface area contributed by atoms with Gasteiger partial charge in [0.05, 0.1) is 4.90 Å². The van der Waals surface area contributed by atoms with Crippen LogP contribution in [0.2, 0.25) is 0 Å². The summed E-state index contributed by atoms with van der Waals surface area (Å²) >= 11 is 0. The van der Waals surface area contributed by atoms with E-state index < -0.39 is 10.0 Å². The van der Waals surface area contributed by atoms with Gasteiger partial charge in [-0.25, -0.2) is 8.42 Å². The minimum Gasteiger partial charge on any atom is -0.368 e. The molecule has 0 aliphatic carbocycles. The van der Waals surface area contributed by atoms with Crippen LogP contribution >= 0.6 is 0 Å². The lowest BCUT2D eigenvalue weighted by atomic mass is 10.1. The van der Waals surface area contributed by atoms with Crippen LogP contribution in [0.3, 0.4) is 0 Å². The highest BCUT2D eigenvalue weighted by atomic mass is 32.2. The standard InChI is InChI=1S/C21H24N2O4S/c24-21(20-7-4-16-27-20)22-12-14-23(15-13-22)28(25,26)19-10-8-18(9-11-19)17-5-2-1-3-6-17/h1-3,5-6,8-11,20H,4,7,12-16H2. The Bertz CT molecular complexity index is 915. The van der Waals surface area contributed by atoms with Crippen molar-refractivity contribution in [2.24, 2.45) is 0 Å². The summed E-state index contributed by atoms with van der Waals surface area (Å²) in [4.78, 5) is 14.4. The van der Waals surface area contributed by atoms with Crippen LogP contribution in [0.1, 0.15) is 12.8 Å². The molecule has 0 bridgehead atoms. The number of carbonyl (C=O) groups excluding carboxylic acids is 1. The molecule has 4 rings (SSSR count). The molecule has 28 heavy (non-hydrogen) atoms. The fourth-order valence-electron chi connectivity index (χ4n) is 3.72. The van der Waals surface area contributed by atoms with Crippen molar-refractivity contribution in [3.63, 3.8) is 0 Å². The van der Waals surface area contributed by atoms with Crippen molar-refractivity contribution in [3.8, 4) is 11.1 Å². The van der Waals surface area contributed by atoms with Gasteiger partial charge in [0, 0.05) is 32.8 Å². The molecule has 2 aliphatic rings. The first-order valence-corrected chi connectivity index (χ1v) is 11.1. The molecule has 2 aromatic carbocycles. The van der Waals surface area contributed by atoms with Gasteiger partial charge in [-0.1, -0.05) is 42.5 Å². The van der Waals surface area contributed by atoms with Crippen LogP contribution in [0.5, 0.6) is 0 Å². The molecule has 1 amide bonds. The Balaban J connectivity index is 1.42. The van der Waals surface area contributed by atoms with E-state index >= 15 is 0 Å². The van der Waals surface area contributed by atoms with Gasteiger partial charge in [-0.05, 0) is 36.1 Å². The van der Waals surface area contributed by atoms with Crippen molar-refractivity contribution >= 4 is 15.9 Å². The van der Waals surface area contributed by atoms with E-state index in [4.69, 9.17) is 4.74 Å². The molecule has 2 fully saturated rings. The summed E-state index contributed by atoms with van der Waals surface area (Å²) in [5.41, 5.74) is 2.03. The average molecular weight is 401 g/mol. The molecule has 2 saturated heterocycles. The van der Waals surface area contributed by atoms with E-state index in [0.717, 1.165) is 24.0 Å². The smallest absolute Gasteiger partial charge is 0.251 e. The third kappa shape index (κ3) is 3.83. The van der Waals surface area contributed by atoms with E-state index in [1.807, 2.05) is 42.5 Å². The first-order chi connectivity index (χ1) is 13.6. The van der Waals surface area contributed by atoms with Crippen LogP contribution in [0.15, 0.2) is 59.5 Å². The van der Waals surface area contributed by atoms with Crippen LogP contribution in [0, 0.1) is 0 Å². The van der Waals surface area contributed by atoms with Crippen LogP contribution in [-0.4, -0.2) is 62.4 Å². The van der Waals surface area contributed by atoms with Crippen molar-refractivity contribution in [1.29, 1.82) is 0 Å². The number of carbonyl (C=O) groups is 1. The molecule has 0 radical (unpaired) electrons. The minimum absolute atomic E-state index is 0.0123. The monoisotopic (exact) mass is 400 g/mol. The fourth-order valence-corrected chi connectivity index (χ4v) is 5.15. The van der Waals surface area contributed by atoms with E-state index in [9.17, 15) is 13.2 Å². The van der Waals surface area contributed by atoms with Crippen molar-refractivity contribution in [1.82, 2.24) is 9.21 Å². The highest BCUT2D eigenvalue weighted by Gasteiger charge is 2.33. The van der Waals surface area contributed by atoms with E-state index in [2.05, 4.69) is 0 Å². The van der Waals surface area contributed by atoms with Crippen LogP contribution in [0.25, 0.3) is 11.1 Å². The zero-order chi connectivity index (χ0) is 19.6. The maximum absolute atomic E-state index is 13.0. The second-order valence-corrected chi connectivity index (χ2v) is 9.06. The normalized spacial score (nSPS) is 21.0. The number of piperazine rings is 1. The molecule has 2 heterocycles. The zero-order valence-corrected chi connectivity index (χ0v) is 16.5. The number of benzene rings is 2. The third-order valence-corrected chi connectivity index (χ3v) is 7.27. The van der Waals surface area contributed by atoms with E-state index in [0.29, 0.717) is 32.8 Å². The molecule has 0 N–H and O–H groups in total. The number of nitrogens with zero attached hydrogens (tertiary/aromatic N) is 2. The molecule has 0 saturated carbocycles. The van der Waals surface area contributed by atoms with E-state index in [-0.39, 0.29) is 16.9 Å². The second-order valence-electron chi connectivity index (χ2n) is 7.12. The zero-order valence-electron chi connectivity index (χ0n) is 15.7. The molecule has 2 aliphatic heterocycles. The molecular formula is C21H24N2O4S. The van der Waals surface area contributed by atoms with E-state index in [1.54, 1.807) is 17.0 Å². The summed E-state index contributed by atoms with van der Waals surface area (Å²) in [6.45, 7) is 2.05. The Kier molecular flexibility index (Phi) is 5.48. The molecule has 1 atom stereocenters. The molecule has 148 valence electrons. The lowest BCUT2D eigenvalue weighted by Crippen LogP contribution is -2.52. The number of rotatable bonds is 4. The Morgan fingerprint density at radius 1 is 0.893 bits per heavy atom. The minimum atomic E-state index is -3.57. The largest absolute Gasteiger partial charge is 0.368 e. The number of ether oxygens (including phenoxy) is 1. The average Bonchev–Trinajstić information content (AvgIpc) is 3.29. The van der Waals surface area contributed by atoms with Gasteiger partial charge in [0.1, 0.15) is 6.10 Å². The van der Waals surface area contributed by atoms with Crippen molar-refractivity contribution < 1.29 is 17.9 Å². The Labute approximate surface area is 165 Å². The first kappa shape index (κ1) is 19.1. The predicted octanol–water partition coefficient (Wildman–Crippen LogP) is 2.37. The SMILES string of the molecule is O=C(C1CCCO1)N1CCN(S(=O)(=O)c2ccc(-c3ccccc3)cc2)CC1. The first-order valence-electron chi connectivity index (χ1n) is 9.62. The van der Waals surface area contributed by atoms with Crippen molar-refractivity contribution in [3.05, 3.63) is 54.6 Å². The Hall–Kier alpha value is -2.22. The molecule has 6 nitrogen and oxygen atoms in total. The van der Waals surface area contributed by atoms with Gasteiger partial charge in [-0.3, -0.25) is 4.79 Å². The fraction of sp³-hybridized carbons (Fsp3) is 0.381. The predicted molar refractivity (Wildman–Crippen MR) is 106 cm³/mol. The lowest BCUT2D eigenvalue weighted by Gasteiger charge is -2.35. The summed E-state index contributed by atoms with van der Waals surface area (Å²) in [6, 6.07) is 16.8. The maximum atomic E-state index is 13.0. The number of amides is 1. The summed E-state index contributed by atoms with van der Waals surface area (Å²) in [7, 11) is -3.57. The van der Waals surface area contributed by atoms with Gasteiger partial charge in [-0.2, -0.15) is 4.31 Å². The van der Waals surface area contributed by atoms with Gasteiger partial charge in [0.25, 0.3) is 5.91 Å². The van der Waals surface area contributed by atoms with Crippen LogP contribution < -0.4 is 0 Å². The maximum Gasteiger partial charge on any atom is 0.251 e. The van der Waals surface area contributed by atoms with Gasteiger partial charge in [-0.15, -0.1) is 0 Å². The number of hydrogen-bond acceptors (Lipinski definition) is 4. The van der Waals surface area contributed by atoms with Gasteiger partial charge < -0.3 is 9.64 Å². The van der Waals surface area contributed by atoms with E-state index in [1.165, 1.54) is 4.31 Å². The topological polar surface area (TPSA) is 66.9 Å². The second kappa shape index (κ2) is 8.03. The highest BCUT2D eigenvalue weighted by Crippen LogP contribution is 2.24. The highest BCUT2D eigenvalue weighted by molar-refractivity contribution is 7.89. The van der Waals surface area contributed by atoms with Gasteiger partial charge >= 0.3 is 0 Å². The molecule has 7 heteroatoms. The molecule has 0 spiro atoms. The van der Waals surface area contributed by atoms with Crippen molar-refractivity contribution in [2.75, 3.05) is 32.8 Å². The van der Waals surface area contributed by atoms with Crippen LogP contribution in [0.4, 0.5) is 0 Å². The quantitative estimate of drug-likeness (QED) is 0.790. The molecule has 1 unspecified atom stereocenters. The van der Waals surface area contributed by atoms with Gasteiger partial charge in [0.15, 0.2) is 0 Å². The Morgan fingerprint density at radius 2 is 1.54 bits per heavy atom. The van der Waals surface area contributed by atoms with Crippen molar-refractivity contribution in [2.45, 2.75) is 23.8 Å². The summed E-state index contributed by atoms with van der Waals surface area (Å²) < 4.78 is 32.8. The summed E-state index contributed by atoms with van der Waals surface area (Å²) in [5, 5.41) is 0. The number of hydrogen-bond donors (Lipinski definition) is 0. The summed E-state index contributed by atoms with van der Waals surface area (Å²) in [5.74, 6) is -0.0123. The third-order valence-electron chi connectivity index (χ3n) is 5.35. The van der Waals surface area contributed by atoms with Gasteiger partial charge in [0.2, 0.25) is 10.0 Å².